The molecule has 0 aromatic carbocycles. The lowest BCUT2D eigenvalue weighted by Gasteiger charge is -2.09. The number of unbranched alkanes of at least 4 members (excludes halogenated alkanes) is 2. The van der Waals surface area contributed by atoms with Crippen molar-refractivity contribution in [2.75, 3.05) is 0 Å². The lowest BCUT2D eigenvalue weighted by Crippen LogP contribution is -2.22. The summed E-state index contributed by atoms with van der Waals surface area (Å²) < 4.78 is 0. The van der Waals surface area contributed by atoms with Crippen molar-refractivity contribution in [3.05, 3.63) is 6.54 Å². The summed E-state index contributed by atoms with van der Waals surface area (Å²) in [6, 6.07) is 0.723. The molecule has 0 amide bonds. The lowest BCUT2D eigenvalue weighted by atomic mass is 10.2. The first-order chi connectivity index (χ1) is 5.93. The first kappa shape index (κ1) is 9.72. The Morgan fingerprint density at radius 1 is 1.25 bits per heavy atom. The van der Waals surface area contributed by atoms with Crippen LogP contribution in [0.4, 0.5) is 0 Å². The van der Waals surface area contributed by atoms with Crippen molar-refractivity contribution in [2.45, 2.75) is 51.0 Å². The van der Waals surface area contributed by atoms with Crippen LogP contribution in [0.3, 0.4) is 0 Å². The zero-order chi connectivity index (χ0) is 8.65. The number of hydrogen-bond acceptors (Lipinski definition) is 2. The van der Waals surface area contributed by atoms with Gasteiger partial charge in [-0.25, -0.2) is 0 Å². The second kappa shape index (κ2) is 6.18. The molecule has 0 aromatic rings. The molecule has 0 saturated heterocycles. The van der Waals surface area contributed by atoms with E-state index in [2.05, 4.69) is 11.9 Å². The van der Waals surface area contributed by atoms with Crippen LogP contribution in [0.25, 0.3) is 0 Å². The van der Waals surface area contributed by atoms with Gasteiger partial charge in [-0.2, -0.15) is 0 Å². The van der Waals surface area contributed by atoms with E-state index in [1.54, 1.807) is 0 Å². The van der Waals surface area contributed by atoms with Crippen LogP contribution in [0.15, 0.2) is 0 Å². The molecule has 69 valence electrons. The predicted molar refractivity (Wildman–Crippen MR) is 49.6 cm³/mol. The number of aldehydes is 1. The third-order valence-electron chi connectivity index (χ3n) is 2.38. The first-order valence-electron chi connectivity index (χ1n) is 4.95. The van der Waals surface area contributed by atoms with E-state index >= 15 is 0 Å². The van der Waals surface area contributed by atoms with Crippen LogP contribution in [0.1, 0.15) is 44.9 Å². The molecule has 1 aliphatic rings. The third kappa shape index (κ3) is 3.86. The molecule has 2 heteroatoms. The Morgan fingerprint density at radius 3 is 2.67 bits per heavy atom. The van der Waals surface area contributed by atoms with Gasteiger partial charge in [-0.15, -0.1) is 0 Å². The van der Waals surface area contributed by atoms with Crippen LogP contribution in [0.5, 0.6) is 0 Å². The molecule has 1 aliphatic carbocycles. The average Bonchev–Trinajstić information content (AvgIpc) is 2.57. The number of hydrogen-bond donors (Lipinski definition) is 1. The van der Waals surface area contributed by atoms with Gasteiger partial charge in [0, 0.05) is 19.0 Å². The minimum Gasteiger partial charge on any atom is -0.310 e. The van der Waals surface area contributed by atoms with Gasteiger partial charge in [-0.3, -0.25) is 0 Å². The van der Waals surface area contributed by atoms with Crippen molar-refractivity contribution in [1.29, 1.82) is 0 Å². The molecule has 1 rings (SSSR count). The fourth-order valence-electron chi connectivity index (χ4n) is 1.65. The standard InChI is InChI=1S/C10H18NO/c12-9-5-1-4-8-11-10-6-2-3-7-10/h8-11H,1-7H2. The Hall–Kier alpha value is -0.370. The molecule has 0 unspecified atom stereocenters. The van der Waals surface area contributed by atoms with Crippen molar-refractivity contribution in [1.82, 2.24) is 5.32 Å². The van der Waals surface area contributed by atoms with Crippen LogP contribution in [0.2, 0.25) is 0 Å². The predicted octanol–water partition coefficient (Wildman–Crippen LogP) is 2.05. The molecule has 0 heterocycles. The highest BCUT2D eigenvalue weighted by atomic mass is 16.1. The maximum Gasteiger partial charge on any atom is 0.119 e. The summed E-state index contributed by atoms with van der Waals surface area (Å²) in [5, 5.41) is 3.40. The van der Waals surface area contributed by atoms with Crippen molar-refractivity contribution < 1.29 is 4.79 Å². The van der Waals surface area contributed by atoms with E-state index < -0.39 is 0 Å². The average molecular weight is 168 g/mol. The molecule has 1 fully saturated rings. The Morgan fingerprint density at radius 2 is 2.00 bits per heavy atom. The summed E-state index contributed by atoms with van der Waals surface area (Å²) in [5.41, 5.74) is 0. The van der Waals surface area contributed by atoms with E-state index in [1.165, 1.54) is 25.7 Å². The smallest absolute Gasteiger partial charge is 0.119 e. The highest BCUT2D eigenvalue weighted by molar-refractivity contribution is 5.48. The van der Waals surface area contributed by atoms with E-state index in [9.17, 15) is 4.79 Å². The van der Waals surface area contributed by atoms with Crippen molar-refractivity contribution in [3.8, 4) is 0 Å². The first-order valence-corrected chi connectivity index (χ1v) is 4.95. The van der Waals surface area contributed by atoms with Gasteiger partial charge in [0.1, 0.15) is 6.29 Å². The monoisotopic (exact) mass is 168 g/mol. The Labute approximate surface area is 74.7 Å². The van der Waals surface area contributed by atoms with E-state index in [0.717, 1.165) is 25.2 Å². The number of carbonyl (C=O) groups excluding carboxylic acids is 1. The fraction of sp³-hybridized carbons (Fsp3) is 0.800. The Bertz CT molecular complexity index is 119. The molecule has 1 radical (unpaired) electrons. The number of rotatable bonds is 6. The van der Waals surface area contributed by atoms with Gasteiger partial charge in [-0.1, -0.05) is 12.8 Å². The maximum absolute atomic E-state index is 9.99. The molecule has 1 saturated carbocycles. The molecule has 12 heavy (non-hydrogen) atoms. The molecule has 0 spiro atoms. The van der Waals surface area contributed by atoms with Gasteiger partial charge in [0.05, 0.1) is 0 Å². The third-order valence-corrected chi connectivity index (χ3v) is 2.38. The zero-order valence-electron chi connectivity index (χ0n) is 7.59. The minimum atomic E-state index is 0.697. The van der Waals surface area contributed by atoms with E-state index in [0.29, 0.717) is 6.42 Å². The van der Waals surface area contributed by atoms with Gasteiger partial charge >= 0.3 is 0 Å². The highest BCUT2D eigenvalue weighted by Crippen LogP contribution is 2.17. The summed E-state index contributed by atoms with van der Waals surface area (Å²) in [6.07, 6.45) is 9.10. The van der Waals surface area contributed by atoms with Crippen LogP contribution in [-0.4, -0.2) is 12.3 Å². The van der Waals surface area contributed by atoms with Crippen LogP contribution >= 0.6 is 0 Å². The van der Waals surface area contributed by atoms with Crippen molar-refractivity contribution >= 4 is 6.29 Å². The summed E-state index contributed by atoms with van der Waals surface area (Å²) >= 11 is 0. The molecular formula is C10H18NO. The molecule has 0 aromatic heterocycles. The highest BCUT2D eigenvalue weighted by Gasteiger charge is 2.12. The largest absolute Gasteiger partial charge is 0.310 e. The molecule has 0 aliphatic heterocycles. The Kier molecular flexibility index (Phi) is 5.00. The molecule has 1 N–H and O–H groups in total. The molecule has 0 bridgehead atoms. The van der Waals surface area contributed by atoms with E-state index in [4.69, 9.17) is 0 Å². The van der Waals surface area contributed by atoms with E-state index in [1.807, 2.05) is 0 Å². The quantitative estimate of drug-likeness (QED) is 0.486. The SMILES string of the molecule is O=CCCC[CH]NC1CCCC1. The zero-order valence-corrected chi connectivity index (χ0v) is 7.59. The van der Waals surface area contributed by atoms with E-state index in [-0.39, 0.29) is 0 Å². The molecular weight excluding hydrogens is 150 g/mol. The summed E-state index contributed by atoms with van der Waals surface area (Å²) in [5.74, 6) is 0. The second-order valence-corrected chi connectivity index (χ2v) is 3.45. The van der Waals surface area contributed by atoms with Crippen LogP contribution in [-0.2, 0) is 4.79 Å². The number of nitrogens with one attached hydrogen (secondary N) is 1. The van der Waals surface area contributed by atoms with Crippen LogP contribution in [0, 0.1) is 6.54 Å². The molecule has 2 nitrogen and oxygen atoms in total. The minimum absolute atomic E-state index is 0.697. The van der Waals surface area contributed by atoms with Gasteiger partial charge in [-0.05, 0) is 25.7 Å². The lowest BCUT2D eigenvalue weighted by molar-refractivity contribution is -0.107. The van der Waals surface area contributed by atoms with Gasteiger partial charge < -0.3 is 10.1 Å². The maximum atomic E-state index is 9.99. The van der Waals surface area contributed by atoms with Crippen LogP contribution < -0.4 is 5.32 Å². The topological polar surface area (TPSA) is 29.1 Å². The van der Waals surface area contributed by atoms with Gasteiger partial charge in [0.2, 0.25) is 0 Å². The molecule has 0 atom stereocenters. The summed E-state index contributed by atoms with van der Waals surface area (Å²) in [7, 11) is 0. The van der Waals surface area contributed by atoms with Gasteiger partial charge in [0.25, 0.3) is 0 Å². The number of carbonyl (C=O) groups is 1. The summed E-state index contributed by atoms with van der Waals surface area (Å²) in [4.78, 5) is 9.99. The normalized spacial score (nSPS) is 18.3. The van der Waals surface area contributed by atoms with Crippen molar-refractivity contribution in [2.24, 2.45) is 0 Å². The Balaban J connectivity index is 1.84. The summed E-state index contributed by atoms with van der Waals surface area (Å²) in [6.45, 7) is 2.12. The second-order valence-electron chi connectivity index (χ2n) is 3.45. The van der Waals surface area contributed by atoms with Crippen molar-refractivity contribution in [3.63, 3.8) is 0 Å². The van der Waals surface area contributed by atoms with Gasteiger partial charge in [0.15, 0.2) is 0 Å². The fourth-order valence-corrected chi connectivity index (χ4v) is 1.65.